The molecule has 0 aliphatic carbocycles. The van der Waals surface area contributed by atoms with Crippen LogP contribution in [0.1, 0.15) is 17.9 Å². The van der Waals surface area contributed by atoms with E-state index in [4.69, 9.17) is 20.8 Å². The molecule has 0 aliphatic rings. The molecule has 3 heterocycles. The summed E-state index contributed by atoms with van der Waals surface area (Å²) >= 11 is 9.62. The van der Waals surface area contributed by atoms with Crippen LogP contribution in [0.25, 0.3) is 22.2 Å². The number of halogens is 1. The standard InChI is InChI=1S/C21H21ClN4O2S2/c1-14-17(23-20(28-14)18-9-5-12-29-18)13-30-21-25-24-19(26(21)10-6-11-27-2)15-7-3-4-8-16(15)22/h3-5,7-9,12H,6,10-11,13H2,1-2H3. The second-order valence-corrected chi connectivity index (χ2v) is 8.87. The maximum absolute atomic E-state index is 6.41. The van der Waals surface area contributed by atoms with Gasteiger partial charge in [-0.1, -0.05) is 41.6 Å². The normalized spacial score (nSPS) is 11.3. The average molecular weight is 461 g/mol. The van der Waals surface area contributed by atoms with Gasteiger partial charge in [0.25, 0.3) is 0 Å². The van der Waals surface area contributed by atoms with Crippen molar-refractivity contribution in [3.05, 3.63) is 58.3 Å². The molecule has 9 heteroatoms. The third kappa shape index (κ3) is 4.62. The van der Waals surface area contributed by atoms with E-state index in [9.17, 15) is 0 Å². The van der Waals surface area contributed by atoms with Crippen molar-refractivity contribution in [1.82, 2.24) is 19.7 Å². The Morgan fingerprint density at radius 1 is 1.20 bits per heavy atom. The Balaban J connectivity index is 1.57. The van der Waals surface area contributed by atoms with E-state index in [-0.39, 0.29) is 0 Å². The van der Waals surface area contributed by atoms with Gasteiger partial charge >= 0.3 is 0 Å². The molecule has 0 saturated carbocycles. The molecule has 1 aromatic carbocycles. The maximum Gasteiger partial charge on any atom is 0.236 e. The fourth-order valence-corrected chi connectivity index (χ4v) is 4.84. The number of aromatic nitrogens is 4. The molecule has 0 radical (unpaired) electrons. The van der Waals surface area contributed by atoms with Crippen molar-refractivity contribution in [1.29, 1.82) is 0 Å². The van der Waals surface area contributed by atoms with Crippen LogP contribution in [0.2, 0.25) is 5.02 Å². The molecule has 6 nitrogen and oxygen atoms in total. The van der Waals surface area contributed by atoms with Crippen molar-refractivity contribution in [3.63, 3.8) is 0 Å². The molecule has 156 valence electrons. The number of thioether (sulfide) groups is 1. The molecule has 0 unspecified atom stereocenters. The molecule has 0 saturated heterocycles. The summed E-state index contributed by atoms with van der Waals surface area (Å²) in [7, 11) is 1.70. The van der Waals surface area contributed by atoms with Gasteiger partial charge in [-0.15, -0.1) is 21.5 Å². The number of aryl methyl sites for hydroxylation is 1. The number of oxazole rings is 1. The number of rotatable bonds is 9. The Labute approximate surface area is 188 Å². The van der Waals surface area contributed by atoms with E-state index in [1.54, 1.807) is 30.2 Å². The molecular formula is C21H21ClN4O2S2. The Bertz CT molecular complexity index is 1110. The van der Waals surface area contributed by atoms with Gasteiger partial charge in [-0.05, 0) is 36.9 Å². The molecule has 0 amide bonds. The molecule has 0 atom stereocenters. The van der Waals surface area contributed by atoms with E-state index in [0.29, 0.717) is 23.3 Å². The van der Waals surface area contributed by atoms with Crippen LogP contribution in [0, 0.1) is 6.92 Å². The molecular weight excluding hydrogens is 440 g/mol. The fraction of sp³-hybridized carbons (Fsp3) is 0.286. The predicted octanol–water partition coefficient (Wildman–Crippen LogP) is 5.95. The molecule has 0 aliphatic heterocycles. The zero-order chi connectivity index (χ0) is 20.9. The second-order valence-electron chi connectivity index (χ2n) is 6.57. The lowest BCUT2D eigenvalue weighted by Crippen LogP contribution is -2.05. The molecule has 4 rings (SSSR count). The predicted molar refractivity (Wildman–Crippen MR) is 121 cm³/mol. The second kappa shape index (κ2) is 9.78. The molecule has 0 fully saturated rings. The summed E-state index contributed by atoms with van der Waals surface area (Å²) in [6.45, 7) is 3.34. The number of thiophene rings is 1. The topological polar surface area (TPSA) is 66.0 Å². The average Bonchev–Trinajstić information content (AvgIpc) is 3.48. The highest BCUT2D eigenvalue weighted by atomic mass is 35.5. The van der Waals surface area contributed by atoms with E-state index >= 15 is 0 Å². The first kappa shape index (κ1) is 21.1. The van der Waals surface area contributed by atoms with Crippen LogP contribution in [-0.4, -0.2) is 33.5 Å². The maximum atomic E-state index is 6.41. The van der Waals surface area contributed by atoms with Crippen molar-refractivity contribution < 1.29 is 9.15 Å². The summed E-state index contributed by atoms with van der Waals surface area (Å²) in [6.07, 6.45) is 0.852. The molecule has 3 aromatic heterocycles. The molecule has 30 heavy (non-hydrogen) atoms. The first-order valence-corrected chi connectivity index (χ1v) is 11.7. The Morgan fingerprint density at radius 2 is 2.07 bits per heavy atom. The van der Waals surface area contributed by atoms with Gasteiger partial charge in [0.2, 0.25) is 5.89 Å². The van der Waals surface area contributed by atoms with Crippen LogP contribution >= 0.6 is 34.7 Å². The van der Waals surface area contributed by atoms with Crippen molar-refractivity contribution >= 4 is 34.7 Å². The number of hydrogen-bond acceptors (Lipinski definition) is 7. The van der Waals surface area contributed by atoms with Crippen molar-refractivity contribution in [2.24, 2.45) is 0 Å². The number of hydrogen-bond donors (Lipinski definition) is 0. The summed E-state index contributed by atoms with van der Waals surface area (Å²) in [5.74, 6) is 2.89. The van der Waals surface area contributed by atoms with E-state index in [2.05, 4.69) is 19.7 Å². The van der Waals surface area contributed by atoms with Crippen LogP contribution in [0.5, 0.6) is 0 Å². The molecule has 0 N–H and O–H groups in total. The summed E-state index contributed by atoms with van der Waals surface area (Å²) in [5.41, 5.74) is 1.78. The van der Waals surface area contributed by atoms with Crippen LogP contribution < -0.4 is 0 Å². The van der Waals surface area contributed by atoms with E-state index in [1.807, 2.05) is 48.7 Å². The van der Waals surface area contributed by atoms with Crippen LogP contribution in [0.3, 0.4) is 0 Å². The quantitative estimate of drug-likeness (QED) is 0.227. The van der Waals surface area contributed by atoms with Gasteiger partial charge in [0, 0.05) is 31.6 Å². The first-order valence-electron chi connectivity index (χ1n) is 9.47. The van der Waals surface area contributed by atoms with Gasteiger partial charge in [-0.25, -0.2) is 4.98 Å². The van der Waals surface area contributed by atoms with Gasteiger partial charge in [-0.3, -0.25) is 0 Å². The van der Waals surface area contributed by atoms with Gasteiger partial charge in [0.1, 0.15) is 5.76 Å². The van der Waals surface area contributed by atoms with Crippen molar-refractivity contribution in [2.45, 2.75) is 30.8 Å². The zero-order valence-electron chi connectivity index (χ0n) is 16.7. The van der Waals surface area contributed by atoms with Crippen LogP contribution in [0.15, 0.2) is 51.4 Å². The molecule has 4 aromatic rings. The fourth-order valence-electron chi connectivity index (χ4n) is 3.01. The Kier molecular flexibility index (Phi) is 6.89. The minimum absolute atomic E-state index is 0.644. The summed E-state index contributed by atoms with van der Waals surface area (Å²) in [5, 5.41) is 12.4. The lowest BCUT2D eigenvalue weighted by Gasteiger charge is -2.10. The lowest BCUT2D eigenvalue weighted by atomic mass is 10.2. The third-order valence-electron chi connectivity index (χ3n) is 4.52. The van der Waals surface area contributed by atoms with Gasteiger partial charge in [0.15, 0.2) is 11.0 Å². The van der Waals surface area contributed by atoms with Crippen LogP contribution in [0.4, 0.5) is 0 Å². The highest BCUT2D eigenvalue weighted by molar-refractivity contribution is 7.98. The summed E-state index contributed by atoms with van der Waals surface area (Å²) in [4.78, 5) is 5.70. The summed E-state index contributed by atoms with van der Waals surface area (Å²) in [6, 6.07) is 11.7. The highest BCUT2D eigenvalue weighted by Crippen LogP contribution is 2.32. The third-order valence-corrected chi connectivity index (χ3v) is 6.69. The van der Waals surface area contributed by atoms with E-state index in [0.717, 1.165) is 45.8 Å². The minimum Gasteiger partial charge on any atom is -0.440 e. The smallest absolute Gasteiger partial charge is 0.236 e. The van der Waals surface area contributed by atoms with E-state index in [1.165, 1.54) is 0 Å². The Morgan fingerprint density at radius 3 is 2.83 bits per heavy atom. The SMILES string of the molecule is COCCCn1c(SCc2nc(-c3cccs3)oc2C)nnc1-c1ccccc1Cl. The molecule has 0 bridgehead atoms. The van der Waals surface area contributed by atoms with Gasteiger partial charge in [-0.2, -0.15) is 0 Å². The van der Waals surface area contributed by atoms with Crippen molar-refractivity contribution in [3.8, 4) is 22.2 Å². The minimum atomic E-state index is 0.644. The monoisotopic (exact) mass is 460 g/mol. The van der Waals surface area contributed by atoms with Crippen LogP contribution in [-0.2, 0) is 17.0 Å². The highest BCUT2D eigenvalue weighted by Gasteiger charge is 2.18. The Hall–Kier alpha value is -2.13. The van der Waals surface area contributed by atoms with Gasteiger partial charge in [0.05, 0.1) is 15.6 Å². The van der Waals surface area contributed by atoms with Gasteiger partial charge < -0.3 is 13.7 Å². The summed E-state index contributed by atoms with van der Waals surface area (Å²) < 4.78 is 13.2. The number of methoxy groups -OCH3 is 1. The number of benzene rings is 1. The molecule has 0 spiro atoms. The lowest BCUT2D eigenvalue weighted by molar-refractivity contribution is 0.189. The van der Waals surface area contributed by atoms with E-state index < -0.39 is 0 Å². The number of nitrogens with zero attached hydrogens (tertiary/aromatic N) is 4. The first-order chi connectivity index (χ1) is 14.7. The number of ether oxygens (including phenoxy) is 1. The van der Waals surface area contributed by atoms with Crippen molar-refractivity contribution in [2.75, 3.05) is 13.7 Å². The zero-order valence-corrected chi connectivity index (χ0v) is 19.1. The largest absolute Gasteiger partial charge is 0.440 e.